The lowest BCUT2D eigenvalue weighted by atomic mass is 10.0. The van der Waals surface area contributed by atoms with Gasteiger partial charge in [0, 0.05) is 6.42 Å². The van der Waals surface area contributed by atoms with Crippen LogP contribution < -0.4 is 0 Å². The number of rotatable bonds is 4. The van der Waals surface area contributed by atoms with Crippen LogP contribution in [0, 0.1) is 12.3 Å². The van der Waals surface area contributed by atoms with Gasteiger partial charge < -0.3 is 0 Å². The third-order valence-corrected chi connectivity index (χ3v) is 1.94. The van der Waals surface area contributed by atoms with Crippen LogP contribution in [-0.4, -0.2) is 0 Å². The lowest BCUT2D eigenvalue weighted by molar-refractivity contribution is 1.05. The molecule has 0 aromatic rings. The van der Waals surface area contributed by atoms with Gasteiger partial charge in [-0.05, 0) is 25.8 Å². The molecule has 0 N–H and O–H groups in total. The predicted octanol–water partition coefficient (Wildman–Crippen LogP) is 3.87. The van der Waals surface area contributed by atoms with Gasteiger partial charge in [0.15, 0.2) is 0 Å². The van der Waals surface area contributed by atoms with Crippen molar-refractivity contribution in [2.45, 2.75) is 33.6 Å². The molecule has 0 nitrogen and oxygen atoms in total. The van der Waals surface area contributed by atoms with Crippen LogP contribution >= 0.6 is 0 Å². The van der Waals surface area contributed by atoms with Gasteiger partial charge in [0.2, 0.25) is 0 Å². The van der Waals surface area contributed by atoms with Crippen molar-refractivity contribution >= 4 is 0 Å². The Morgan fingerprint density at radius 3 is 2.38 bits per heavy atom. The van der Waals surface area contributed by atoms with Crippen LogP contribution in [-0.2, 0) is 0 Å². The first-order valence-corrected chi connectivity index (χ1v) is 4.57. The van der Waals surface area contributed by atoms with Crippen molar-refractivity contribution < 1.29 is 0 Å². The first-order chi connectivity index (χ1) is 6.11. The lowest BCUT2D eigenvalue weighted by Crippen LogP contribution is -1.83. The van der Waals surface area contributed by atoms with E-state index in [0.29, 0.717) is 6.42 Å². The van der Waals surface area contributed by atoms with E-state index in [1.165, 1.54) is 11.1 Å². The second-order valence-electron chi connectivity index (χ2n) is 3.22. The van der Waals surface area contributed by atoms with E-state index in [2.05, 4.69) is 32.4 Å². The molecule has 70 valence electrons. The van der Waals surface area contributed by atoms with Gasteiger partial charge in [-0.2, -0.15) is 0 Å². The number of terminal acetylenes is 1. The van der Waals surface area contributed by atoms with Crippen molar-refractivity contribution in [3.8, 4) is 12.3 Å². The summed E-state index contributed by atoms with van der Waals surface area (Å²) in [5.74, 6) is 2.67. The topological polar surface area (TPSA) is 0 Å². The normalized spacial score (nSPS) is 12.5. The number of allylic oxidation sites excluding steroid dienone is 5. The average molecular weight is 174 g/mol. The van der Waals surface area contributed by atoms with E-state index in [1.54, 1.807) is 0 Å². The fourth-order valence-corrected chi connectivity index (χ4v) is 0.932. The maximum absolute atomic E-state index is 5.29. The third kappa shape index (κ3) is 5.09. The van der Waals surface area contributed by atoms with Gasteiger partial charge in [-0.25, -0.2) is 0 Å². The molecule has 0 heteroatoms. The highest BCUT2D eigenvalue weighted by Crippen LogP contribution is 2.13. The van der Waals surface area contributed by atoms with Crippen molar-refractivity contribution in [3.63, 3.8) is 0 Å². The molecule has 0 aromatic heterocycles. The molecule has 0 rings (SSSR count). The monoisotopic (exact) mass is 174 g/mol. The fraction of sp³-hybridized carbons (Fsp3) is 0.385. The summed E-state index contributed by atoms with van der Waals surface area (Å²) in [5, 5.41) is 0. The van der Waals surface area contributed by atoms with Crippen LogP contribution in [0.2, 0.25) is 0 Å². The van der Waals surface area contributed by atoms with E-state index < -0.39 is 0 Å². The molecule has 13 heavy (non-hydrogen) atoms. The summed E-state index contributed by atoms with van der Waals surface area (Å²) in [4.78, 5) is 0. The molecule has 0 saturated carbocycles. The van der Waals surface area contributed by atoms with Crippen LogP contribution in [0.25, 0.3) is 0 Å². The molecule has 0 spiro atoms. The molecule has 0 atom stereocenters. The molecule has 0 heterocycles. The Morgan fingerprint density at radius 1 is 1.38 bits per heavy atom. The van der Waals surface area contributed by atoms with Crippen molar-refractivity contribution in [1.82, 2.24) is 0 Å². The molecular weight excluding hydrogens is 156 g/mol. The standard InChI is InChI=1S/C13H18/c1-6-8-13(12(5)7-2)10-9-11(3)4/h1,9-10H,3,7-8H2,2,4-5H3/b10-9-,13-12+. The predicted molar refractivity (Wildman–Crippen MR) is 60.4 cm³/mol. The van der Waals surface area contributed by atoms with E-state index in [0.717, 1.165) is 12.0 Å². The smallest absolute Gasteiger partial charge is 0.0337 e. The van der Waals surface area contributed by atoms with Crippen LogP contribution in [0.1, 0.15) is 33.6 Å². The van der Waals surface area contributed by atoms with Gasteiger partial charge in [-0.1, -0.05) is 36.8 Å². The Hall–Kier alpha value is -1.22. The molecule has 0 aromatic carbocycles. The third-order valence-electron chi connectivity index (χ3n) is 1.94. The largest absolute Gasteiger partial charge is 0.120 e. The van der Waals surface area contributed by atoms with E-state index in [4.69, 9.17) is 6.42 Å². The molecule has 0 unspecified atom stereocenters. The minimum atomic E-state index is 0.712. The van der Waals surface area contributed by atoms with Crippen LogP contribution in [0.3, 0.4) is 0 Å². The van der Waals surface area contributed by atoms with Crippen molar-refractivity contribution in [1.29, 1.82) is 0 Å². The van der Waals surface area contributed by atoms with Gasteiger partial charge in [-0.15, -0.1) is 12.3 Å². The first-order valence-electron chi connectivity index (χ1n) is 4.57. The maximum Gasteiger partial charge on any atom is 0.0337 e. The van der Waals surface area contributed by atoms with Crippen LogP contribution in [0.5, 0.6) is 0 Å². The van der Waals surface area contributed by atoms with Gasteiger partial charge in [0.05, 0.1) is 0 Å². The fourth-order valence-electron chi connectivity index (χ4n) is 0.932. The van der Waals surface area contributed by atoms with E-state index in [1.807, 2.05) is 13.0 Å². The van der Waals surface area contributed by atoms with E-state index in [-0.39, 0.29) is 0 Å². The number of hydrogen-bond acceptors (Lipinski definition) is 0. The zero-order valence-corrected chi connectivity index (χ0v) is 8.85. The highest BCUT2D eigenvalue weighted by atomic mass is 14.0. The SMILES string of the molecule is C#CCC(/C=C\C(=C)C)=C(/C)CC. The molecule has 0 bridgehead atoms. The van der Waals surface area contributed by atoms with Gasteiger partial charge in [0.25, 0.3) is 0 Å². The molecule has 0 amide bonds. The van der Waals surface area contributed by atoms with Crippen molar-refractivity contribution in [2.24, 2.45) is 0 Å². The Balaban J connectivity index is 4.64. The quantitative estimate of drug-likeness (QED) is 0.448. The summed E-state index contributed by atoms with van der Waals surface area (Å²) in [6, 6.07) is 0. The van der Waals surface area contributed by atoms with Crippen LogP contribution in [0.4, 0.5) is 0 Å². The molecule has 0 saturated heterocycles. The molecule has 0 aliphatic rings. The molecule has 0 fully saturated rings. The molecule has 0 aliphatic carbocycles. The van der Waals surface area contributed by atoms with Crippen molar-refractivity contribution in [3.05, 3.63) is 35.5 Å². The summed E-state index contributed by atoms with van der Waals surface area (Å²) in [6.07, 6.45) is 11.1. The Labute approximate surface area is 82.0 Å². The Kier molecular flexibility index (Phi) is 5.72. The minimum Gasteiger partial charge on any atom is -0.120 e. The molecular formula is C13H18. The van der Waals surface area contributed by atoms with E-state index in [9.17, 15) is 0 Å². The highest BCUT2D eigenvalue weighted by Gasteiger charge is 1.94. The molecule has 0 radical (unpaired) electrons. The van der Waals surface area contributed by atoms with Gasteiger partial charge >= 0.3 is 0 Å². The summed E-state index contributed by atoms with van der Waals surface area (Å²) < 4.78 is 0. The first kappa shape index (κ1) is 11.8. The number of hydrogen-bond donors (Lipinski definition) is 0. The minimum absolute atomic E-state index is 0.712. The summed E-state index contributed by atoms with van der Waals surface area (Å²) in [7, 11) is 0. The Morgan fingerprint density at radius 2 is 2.00 bits per heavy atom. The summed E-state index contributed by atoms with van der Waals surface area (Å²) in [5.41, 5.74) is 3.65. The second-order valence-corrected chi connectivity index (χ2v) is 3.22. The average Bonchev–Trinajstić information content (AvgIpc) is 2.10. The van der Waals surface area contributed by atoms with Crippen LogP contribution in [0.15, 0.2) is 35.5 Å². The van der Waals surface area contributed by atoms with Gasteiger partial charge in [0.1, 0.15) is 0 Å². The zero-order valence-electron chi connectivity index (χ0n) is 8.85. The highest BCUT2D eigenvalue weighted by molar-refractivity contribution is 5.31. The lowest BCUT2D eigenvalue weighted by Gasteiger charge is -2.02. The van der Waals surface area contributed by atoms with E-state index >= 15 is 0 Å². The summed E-state index contributed by atoms with van der Waals surface area (Å²) >= 11 is 0. The zero-order chi connectivity index (χ0) is 10.3. The second kappa shape index (κ2) is 6.31. The Bertz CT molecular complexity index is 269. The van der Waals surface area contributed by atoms with Crippen molar-refractivity contribution in [2.75, 3.05) is 0 Å². The maximum atomic E-state index is 5.29. The van der Waals surface area contributed by atoms with Gasteiger partial charge in [-0.3, -0.25) is 0 Å². The molecule has 0 aliphatic heterocycles. The summed E-state index contributed by atoms with van der Waals surface area (Å²) in [6.45, 7) is 10.0.